The molecule has 3 aromatic rings. The lowest BCUT2D eigenvalue weighted by molar-refractivity contribution is -0.163. The molecule has 0 radical (unpaired) electrons. The molecule has 0 fully saturated rings. The first-order chi connectivity index (χ1) is 21.5. The maximum Gasteiger partial charge on any atom is 0.407 e. The minimum absolute atomic E-state index is 0.0478. The minimum atomic E-state index is -1.11. The molecule has 1 aromatic heterocycles. The normalized spacial score (nSPS) is 13.1. The Morgan fingerprint density at radius 3 is 2.30 bits per heavy atom. The summed E-state index contributed by atoms with van der Waals surface area (Å²) in [6, 6.07) is 11.5. The van der Waals surface area contributed by atoms with Gasteiger partial charge in [-0.3, -0.25) is 4.79 Å². The van der Waals surface area contributed by atoms with Gasteiger partial charge in [0.25, 0.3) is 0 Å². The molecule has 0 aliphatic rings. The fourth-order valence-electron chi connectivity index (χ4n) is 5.00. The summed E-state index contributed by atoms with van der Waals surface area (Å²) >= 11 is 0. The van der Waals surface area contributed by atoms with Crippen LogP contribution in [-0.2, 0) is 25.6 Å². The molecule has 0 bridgehead atoms. The van der Waals surface area contributed by atoms with Gasteiger partial charge in [-0.05, 0) is 56.9 Å². The van der Waals surface area contributed by atoms with Crippen LogP contribution in [-0.4, -0.2) is 69.4 Å². The lowest BCUT2D eigenvalue weighted by atomic mass is 9.84. The number of ether oxygens (including phenoxy) is 2. The Bertz CT molecular complexity index is 1500. The highest BCUT2D eigenvalue weighted by molar-refractivity contribution is 6.32. The Morgan fingerprint density at radius 2 is 1.72 bits per heavy atom. The van der Waals surface area contributed by atoms with Crippen LogP contribution in [0.4, 0.5) is 13.6 Å². The molecule has 10 nitrogen and oxygen atoms in total. The van der Waals surface area contributed by atoms with E-state index in [9.17, 15) is 28.3 Å². The van der Waals surface area contributed by atoms with Crippen molar-refractivity contribution in [1.82, 2.24) is 19.8 Å². The Labute approximate surface area is 268 Å². The monoisotopic (exact) mass is 642 g/mol. The van der Waals surface area contributed by atoms with Crippen LogP contribution < -0.4 is 5.32 Å². The number of carbonyl (C=O) groups excluding carboxylic acids is 3. The van der Waals surface area contributed by atoms with Crippen LogP contribution in [0.25, 0.3) is 11.3 Å². The number of esters is 1. The van der Waals surface area contributed by atoms with Gasteiger partial charge in [0.05, 0.1) is 18.3 Å². The number of halogens is 2. The number of benzene rings is 2. The first-order valence-electron chi connectivity index (χ1n) is 15.2. The van der Waals surface area contributed by atoms with E-state index in [4.69, 9.17) is 14.5 Å². The van der Waals surface area contributed by atoms with E-state index in [1.54, 1.807) is 38.5 Å². The minimum Gasteiger partial charge on any atom is -0.459 e. The van der Waals surface area contributed by atoms with Crippen molar-refractivity contribution >= 4 is 18.0 Å². The second-order valence-corrected chi connectivity index (χ2v) is 13.1. The zero-order valence-electron chi connectivity index (χ0n) is 27.5. The quantitative estimate of drug-likeness (QED) is 0.210. The van der Waals surface area contributed by atoms with Crippen molar-refractivity contribution in [1.29, 1.82) is 0 Å². The summed E-state index contributed by atoms with van der Waals surface area (Å²) in [7, 11) is 0. The summed E-state index contributed by atoms with van der Waals surface area (Å²) < 4.78 is 41.4. The molecule has 46 heavy (non-hydrogen) atoms. The van der Waals surface area contributed by atoms with Crippen LogP contribution in [0, 0.1) is 23.0 Å². The van der Waals surface area contributed by atoms with Gasteiger partial charge in [0.1, 0.15) is 23.1 Å². The maximum absolute atomic E-state index is 15.0. The van der Waals surface area contributed by atoms with E-state index in [0.29, 0.717) is 5.82 Å². The van der Waals surface area contributed by atoms with Crippen molar-refractivity contribution in [3.63, 3.8) is 0 Å². The van der Waals surface area contributed by atoms with Gasteiger partial charge in [0.2, 0.25) is 0 Å². The maximum atomic E-state index is 15.0. The third kappa shape index (κ3) is 9.84. The number of amides is 2. The van der Waals surface area contributed by atoms with Gasteiger partial charge < -0.3 is 29.4 Å². The number of aliphatic hydroxyl groups is 1. The summed E-state index contributed by atoms with van der Waals surface area (Å²) in [5, 5.41) is 12.9. The van der Waals surface area contributed by atoms with Gasteiger partial charge in [-0.2, -0.15) is 0 Å². The third-order valence-electron chi connectivity index (χ3n) is 6.94. The van der Waals surface area contributed by atoms with E-state index >= 15 is 0 Å². The Morgan fingerprint density at radius 1 is 1.04 bits per heavy atom. The highest BCUT2D eigenvalue weighted by atomic mass is 19.1. The van der Waals surface area contributed by atoms with Crippen LogP contribution in [0.1, 0.15) is 65.9 Å². The molecule has 0 aliphatic carbocycles. The van der Waals surface area contributed by atoms with Crippen LogP contribution in [0.15, 0.2) is 54.7 Å². The molecule has 2 N–H and O–H groups in total. The van der Waals surface area contributed by atoms with Crippen molar-refractivity contribution < 1.29 is 37.7 Å². The summed E-state index contributed by atoms with van der Waals surface area (Å²) in [4.78, 5) is 45.2. The van der Waals surface area contributed by atoms with E-state index in [0.717, 1.165) is 23.8 Å². The second-order valence-electron chi connectivity index (χ2n) is 13.1. The first kappa shape index (κ1) is 36.2. The number of aliphatic hydroxyl groups excluding tert-OH is 1. The number of alkyl carbamates (subject to hydrolysis) is 1. The number of carbonyl (C=O) groups is 3. The summed E-state index contributed by atoms with van der Waals surface area (Å²) in [6.07, 6.45) is 0.876. The molecule has 0 aliphatic heterocycles. The number of nitrogens with one attached hydrogen (secondary N) is 1. The highest BCUT2D eigenvalue weighted by Crippen LogP contribution is 2.40. The predicted octanol–water partition coefficient (Wildman–Crippen LogP) is 5.49. The van der Waals surface area contributed by atoms with Crippen LogP contribution >= 0.6 is 0 Å². The summed E-state index contributed by atoms with van der Waals surface area (Å²) in [5.41, 5.74) is -0.613. The fourth-order valence-corrected chi connectivity index (χ4v) is 5.00. The molecular weight excluding hydrogens is 598 g/mol. The Balaban J connectivity index is 2.16. The highest BCUT2D eigenvalue weighted by Gasteiger charge is 2.42. The molecule has 2 aromatic carbocycles. The fraction of sp³-hybridized carbons (Fsp3) is 0.471. The lowest BCUT2D eigenvalue weighted by Crippen LogP contribution is -2.50. The van der Waals surface area contributed by atoms with E-state index in [2.05, 4.69) is 5.32 Å². The SMILES string of the molecule is CCOC(=O)C(=O)N(CC(CO)CNC(=O)OC(C)(C)C)[C@@H](c1nc(-c2cc(F)ccc2F)cn1Cc1ccccc1)C(C)(C)C. The largest absolute Gasteiger partial charge is 0.459 e. The average Bonchev–Trinajstić information content (AvgIpc) is 3.36. The van der Waals surface area contributed by atoms with Gasteiger partial charge in [0, 0.05) is 43.9 Å². The molecule has 2 amide bonds. The number of hydrogen-bond donors (Lipinski definition) is 2. The van der Waals surface area contributed by atoms with Crippen LogP contribution in [0.3, 0.4) is 0 Å². The zero-order valence-corrected chi connectivity index (χ0v) is 27.5. The molecule has 0 spiro atoms. The van der Waals surface area contributed by atoms with E-state index in [1.165, 1.54) is 4.90 Å². The van der Waals surface area contributed by atoms with E-state index < -0.39 is 59.2 Å². The van der Waals surface area contributed by atoms with Gasteiger partial charge in [0.15, 0.2) is 0 Å². The van der Waals surface area contributed by atoms with Crippen molar-refractivity contribution in [2.45, 2.75) is 66.7 Å². The molecule has 250 valence electrons. The Kier molecular flexibility index (Phi) is 12.0. The van der Waals surface area contributed by atoms with Crippen molar-refractivity contribution in [2.75, 3.05) is 26.3 Å². The smallest absolute Gasteiger partial charge is 0.407 e. The third-order valence-corrected chi connectivity index (χ3v) is 6.94. The first-order valence-corrected chi connectivity index (χ1v) is 15.2. The molecule has 2 atom stereocenters. The Hall–Kier alpha value is -4.32. The molecule has 3 rings (SSSR count). The molecule has 0 saturated heterocycles. The van der Waals surface area contributed by atoms with Crippen molar-refractivity contribution in [2.24, 2.45) is 11.3 Å². The summed E-state index contributed by atoms with van der Waals surface area (Å²) in [5.74, 6) is -3.85. The predicted molar refractivity (Wildman–Crippen MR) is 168 cm³/mol. The van der Waals surface area contributed by atoms with Crippen molar-refractivity contribution in [3.05, 3.63) is 77.8 Å². The van der Waals surface area contributed by atoms with Gasteiger partial charge in [-0.15, -0.1) is 0 Å². The number of imidazole rings is 1. The number of aromatic nitrogens is 2. The molecule has 12 heteroatoms. The molecule has 0 saturated carbocycles. The van der Waals surface area contributed by atoms with E-state index in [1.807, 2.05) is 51.1 Å². The number of hydrogen-bond acceptors (Lipinski definition) is 7. The number of rotatable bonds is 11. The number of nitrogens with zero attached hydrogens (tertiary/aromatic N) is 3. The molecular formula is C34H44F2N4O6. The van der Waals surface area contributed by atoms with Gasteiger partial charge in [-0.25, -0.2) is 23.4 Å². The topological polar surface area (TPSA) is 123 Å². The van der Waals surface area contributed by atoms with Crippen molar-refractivity contribution in [3.8, 4) is 11.3 Å². The lowest BCUT2D eigenvalue weighted by Gasteiger charge is -2.40. The summed E-state index contributed by atoms with van der Waals surface area (Å²) in [6.45, 7) is 11.8. The average molecular weight is 643 g/mol. The van der Waals surface area contributed by atoms with Crippen LogP contribution in [0.5, 0.6) is 0 Å². The molecule has 1 unspecified atom stereocenters. The standard InChI is InChI=1S/C34H44F2N4O6/c1-8-45-31(43)30(42)40(19-23(21-41)17-37-32(44)46-34(5,6)7)28(33(2,3)4)29-38-27(25-16-24(35)14-15-26(25)36)20-39(29)18-22-12-10-9-11-13-22/h9-16,20,23,28,41H,8,17-19,21H2,1-7H3,(H,37,44)/t23?,28-/m0/s1. The molecule has 1 heterocycles. The van der Waals surface area contributed by atoms with E-state index in [-0.39, 0.29) is 37.5 Å². The van der Waals surface area contributed by atoms with Gasteiger partial charge in [-0.1, -0.05) is 51.1 Å². The van der Waals surface area contributed by atoms with Crippen LogP contribution in [0.2, 0.25) is 0 Å². The second kappa shape index (κ2) is 15.3. The zero-order chi connectivity index (χ0) is 34.2. The van der Waals surface area contributed by atoms with Gasteiger partial charge >= 0.3 is 18.0 Å².